The average Bonchev–Trinajstić information content (AvgIpc) is 3.07. The van der Waals surface area contributed by atoms with Crippen molar-refractivity contribution in [2.24, 2.45) is 5.41 Å². The molecule has 0 atom stereocenters. The van der Waals surface area contributed by atoms with Gasteiger partial charge < -0.3 is 14.5 Å². The number of alkyl halides is 6. The van der Waals surface area contributed by atoms with Gasteiger partial charge >= 0.3 is 12.7 Å². The van der Waals surface area contributed by atoms with E-state index in [0.717, 1.165) is 25.7 Å². The van der Waals surface area contributed by atoms with Crippen LogP contribution in [0.5, 0.6) is 0 Å². The fourth-order valence-corrected chi connectivity index (χ4v) is 5.61. The van der Waals surface area contributed by atoms with Crippen molar-refractivity contribution in [3.63, 3.8) is 0 Å². The number of ether oxygens (including phenoxy) is 3. The minimum atomic E-state index is -4.66. The summed E-state index contributed by atoms with van der Waals surface area (Å²) in [5.74, 6) is 0.440. The van der Waals surface area contributed by atoms with E-state index in [9.17, 15) is 31.1 Å². The van der Waals surface area contributed by atoms with Crippen molar-refractivity contribution in [2.75, 3.05) is 6.61 Å². The Hall–Kier alpha value is -1.93. The minimum absolute atomic E-state index is 0.0218. The largest absolute Gasteiger partial charge is 0.522 e. The van der Waals surface area contributed by atoms with Crippen LogP contribution in [0.4, 0.5) is 26.3 Å². The first-order valence-corrected chi connectivity index (χ1v) is 11.6. The highest BCUT2D eigenvalue weighted by atomic mass is 19.4. The number of hydrogen-bond donors (Lipinski definition) is 1. The molecule has 4 fully saturated rings. The van der Waals surface area contributed by atoms with Gasteiger partial charge in [0.25, 0.3) is 0 Å². The predicted molar refractivity (Wildman–Crippen MR) is 103 cm³/mol. The molecule has 4 saturated carbocycles. The Bertz CT molecular complexity index is 911. The fourth-order valence-electron chi connectivity index (χ4n) is 5.61. The third-order valence-electron chi connectivity index (χ3n) is 7.43. The van der Waals surface area contributed by atoms with E-state index in [2.05, 4.69) is 25.0 Å². The summed E-state index contributed by atoms with van der Waals surface area (Å²) in [6.07, 6.45) is -7.58. The average molecular weight is 513 g/mol. The molecule has 1 aromatic rings. The first-order chi connectivity index (χ1) is 16.3. The number of amides is 1. The van der Waals surface area contributed by atoms with Gasteiger partial charge in [-0.15, -0.1) is 36.5 Å². The normalized spacial score (nSPS) is 36.6. The zero-order valence-electron chi connectivity index (χ0n) is 18.5. The molecule has 0 aromatic carbocycles. The molecule has 0 saturated heterocycles. The molecule has 1 aromatic heterocycles. The maximum Gasteiger partial charge on any atom is 0.522 e. The monoisotopic (exact) mass is 513 g/mol. The van der Waals surface area contributed by atoms with Gasteiger partial charge in [-0.25, -0.2) is 0 Å². The molecule has 196 valence electrons. The lowest BCUT2D eigenvalue weighted by molar-refractivity contribution is -0.357. The Morgan fingerprint density at radius 3 is 1.97 bits per heavy atom. The Balaban J connectivity index is 0.955. The van der Waals surface area contributed by atoms with Gasteiger partial charge in [0.1, 0.15) is 6.61 Å². The summed E-state index contributed by atoms with van der Waals surface area (Å²) >= 11 is 0. The van der Waals surface area contributed by atoms with E-state index in [0.29, 0.717) is 11.8 Å². The van der Waals surface area contributed by atoms with E-state index < -0.39 is 31.0 Å². The maximum atomic E-state index is 12.2. The van der Waals surface area contributed by atoms with E-state index >= 15 is 0 Å². The van der Waals surface area contributed by atoms with Gasteiger partial charge in [0.05, 0.1) is 18.3 Å². The molecule has 5 rings (SSSR count). The van der Waals surface area contributed by atoms with Crippen LogP contribution in [0.25, 0.3) is 0 Å². The fraction of sp³-hybridized carbons (Fsp3) is 0.857. The lowest BCUT2D eigenvalue weighted by Gasteiger charge is -2.57. The molecular formula is C21H25F6N3O5. The van der Waals surface area contributed by atoms with Gasteiger partial charge in [-0.1, -0.05) is 0 Å². The van der Waals surface area contributed by atoms with Crippen LogP contribution in [-0.4, -0.2) is 59.8 Å². The van der Waals surface area contributed by atoms with Gasteiger partial charge in [-0.2, -0.15) is 0 Å². The zero-order valence-corrected chi connectivity index (χ0v) is 18.5. The highest BCUT2D eigenvalue weighted by Crippen LogP contribution is 2.61. The second-order valence-corrected chi connectivity index (χ2v) is 10.2. The van der Waals surface area contributed by atoms with Crippen LogP contribution in [0.3, 0.4) is 0 Å². The molecule has 0 bridgehead atoms. The van der Waals surface area contributed by atoms with Crippen LogP contribution in [-0.2, 0) is 19.0 Å². The SMILES string of the molecule is O=C(COC1CC(OC(F)(F)F)C1)NC1CC2(C1)CC(c1nnc(C3CC(OC(F)(F)F)C3)o1)C2. The van der Waals surface area contributed by atoms with Crippen LogP contribution in [0.2, 0.25) is 0 Å². The predicted octanol–water partition coefficient (Wildman–Crippen LogP) is 4.08. The molecule has 1 amide bonds. The first-order valence-electron chi connectivity index (χ1n) is 11.6. The highest BCUT2D eigenvalue weighted by molar-refractivity contribution is 5.77. The quantitative estimate of drug-likeness (QED) is 0.524. The van der Waals surface area contributed by atoms with Crippen molar-refractivity contribution in [3.8, 4) is 0 Å². The van der Waals surface area contributed by atoms with Crippen LogP contribution < -0.4 is 5.32 Å². The van der Waals surface area contributed by atoms with E-state index in [-0.39, 0.29) is 61.5 Å². The summed E-state index contributed by atoms with van der Waals surface area (Å²) in [5, 5.41) is 11.0. The summed E-state index contributed by atoms with van der Waals surface area (Å²) in [6, 6.07) is 0.0218. The lowest BCUT2D eigenvalue weighted by Crippen LogP contribution is -2.56. The molecule has 4 aliphatic rings. The molecule has 1 N–H and O–H groups in total. The molecule has 14 heteroatoms. The topological polar surface area (TPSA) is 95.7 Å². The molecule has 0 radical (unpaired) electrons. The second-order valence-electron chi connectivity index (χ2n) is 10.2. The summed E-state index contributed by atoms with van der Waals surface area (Å²) in [6.45, 7) is -0.198. The smallest absolute Gasteiger partial charge is 0.425 e. The molecular weight excluding hydrogens is 488 g/mol. The number of nitrogens with one attached hydrogen (secondary N) is 1. The van der Waals surface area contributed by atoms with Crippen molar-refractivity contribution in [1.29, 1.82) is 0 Å². The number of carbonyl (C=O) groups excluding carboxylic acids is 1. The minimum Gasteiger partial charge on any atom is -0.425 e. The van der Waals surface area contributed by atoms with E-state index in [4.69, 9.17) is 9.15 Å². The summed E-state index contributed by atoms with van der Waals surface area (Å²) in [5.41, 5.74) is 0.107. The van der Waals surface area contributed by atoms with E-state index in [1.807, 2.05) is 0 Å². The van der Waals surface area contributed by atoms with Gasteiger partial charge in [-0.05, 0) is 43.9 Å². The van der Waals surface area contributed by atoms with Crippen molar-refractivity contribution in [1.82, 2.24) is 15.5 Å². The molecule has 0 unspecified atom stereocenters. The lowest BCUT2D eigenvalue weighted by atomic mass is 9.50. The summed E-state index contributed by atoms with van der Waals surface area (Å²) < 4.78 is 92.0. The van der Waals surface area contributed by atoms with Gasteiger partial charge in [0, 0.05) is 30.7 Å². The Morgan fingerprint density at radius 2 is 1.40 bits per heavy atom. The Kier molecular flexibility index (Phi) is 6.27. The highest BCUT2D eigenvalue weighted by Gasteiger charge is 2.55. The Labute approximate surface area is 196 Å². The number of nitrogens with zero attached hydrogens (tertiary/aromatic N) is 2. The second kappa shape index (κ2) is 8.87. The summed E-state index contributed by atoms with van der Waals surface area (Å²) in [7, 11) is 0. The summed E-state index contributed by atoms with van der Waals surface area (Å²) in [4.78, 5) is 12.1. The van der Waals surface area contributed by atoms with Crippen LogP contribution in [0, 0.1) is 5.41 Å². The van der Waals surface area contributed by atoms with Crippen LogP contribution >= 0.6 is 0 Å². The zero-order chi connectivity index (χ0) is 25.0. The van der Waals surface area contributed by atoms with Crippen molar-refractivity contribution in [2.45, 2.75) is 100 Å². The van der Waals surface area contributed by atoms with E-state index in [1.54, 1.807) is 0 Å². The number of aromatic nitrogens is 2. The van der Waals surface area contributed by atoms with Crippen molar-refractivity contribution in [3.05, 3.63) is 11.8 Å². The molecule has 35 heavy (non-hydrogen) atoms. The molecule has 8 nitrogen and oxygen atoms in total. The molecule has 1 spiro atoms. The number of hydrogen-bond acceptors (Lipinski definition) is 7. The number of carbonyl (C=O) groups is 1. The Morgan fingerprint density at radius 1 is 0.857 bits per heavy atom. The maximum absolute atomic E-state index is 12.2. The van der Waals surface area contributed by atoms with Gasteiger partial charge in [0.2, 0.25) is 17.7 Å². The van der Waals surface area contributed by atoms with Gasteiger partial charge in [0.15, 0.2) is 0 Å². The first kappa shape index (κ1) is 24.8. The van der Waals surface area contributed by atoms with E-state index in [1.165, 1.54) is 0 Å². The number of rotatable bonds is 8. The third kappa shape index (κ3) is 5.91. The van der Waals surface area contributed by atoms with Crippen molar-refractivity contribution >= 4 is 5.91 Å². The number of halogens is 6. The van der Waals surface area contributed by atoms with Crippen molar-refractivity contribution < 1.29 is 49.8 Å². The molecule has 1 heterocycles. The van der Waals surface area contributed by atoms with Crippen LogP contribution in [0.15, 0.2) is 4.42 Å². The molecule has 0 aliphatic heterocycles. The van der Waals surface area contributed by atoms with Gasteiger partial charge in [-0.3, -0.25) is 14.3 Å². The van der Waals surface area contributed by atoms with Crippen LogP contribution in [0.1, 0.15) is 75.0 Å². The molecule has 4 aliphatic carbocycles. The third-order valence-corrected chi connectivity index (χ3v) is 7.43. The standard InChI is InChI=1S/C21H25F6N3O5/c22-20(23,24)34-14-1-10(2-14)17-29-30-18(33-17)11-5-19(6-11)7-12(8-19)28-16(31)9-32-13-3-15(4-13)35-21(25,26)27/h10-15H,1-9H2,(H,28,31).